The Hall–Kier alpha value is -1.71. The Bertz CT molecular complexity index is 688. The molecule has 1 saturated carbocycles. The topological polar surface area (TPSA) is 23.5 Å². The number of rotatable bonds is 4. The maximum absolute atomic E-state index is 13.3. The lowest BCUT2D eigenvalue weighted by Gasteiger charge is -2.26. The van der Waals surface area contributed by atoms with Crippen LogP contribution in [-0.4, -0.2) is 29.6 Å². The van der Waals surface area contributed by atoms with Crippen LogP contribution in [0.2, 0.25) is 0 Å². The van der Waals surface area contributed by atoms with E-state index in [2.05, 4.69) is 4.90 Å². The molecule has 0 radical (unpaired) electrons. The minimum atomic E-state index is -0.648. The summed E-state index contributed by atoms with van der Waals surface area (Å²) < 4.78 is 13.3. The van der Waals surface area contributed by atoms with Crippen molar-refractivity contribution in [1.82, 2.24) is 4.90 Å². The van der Waals surface area contributed by atoms with Gasteiger partial charge >= 0.3 is 0 Å². The molecule has 1 unspecified atom stereocenters. The summed E-state index contributed by atoms with van der Waals surface area (Å²) in [5, 5.41) is 11.0. The predicted molar refractivity (Wildman–Crippen MR) is 93.1 cm³/mol. The SMILES string of the molecule is OC1(c2ccccc2)C[C@H]2CN(CCc3cccc(F)c3)C[C@H]2C1. The Morgan fingerprint density at radius 1 is 1.00 bits per heavy atom. The average molecular weight is 325 g/mol. The van der Waals surface area contributed by atoms with Crippen molar-refractivity contribution in [1.29, 1.82) is 0 Å². The summed E-state index contributed by atoms with van der Waals surface area (Å²) in [6.45, 7) is 3.07. The van der Waals surface area contributed by atoms with Crippen LogP contribution in [0, 0.1) is 17.7 Å². The highest BCUT2D eigenvalue weighted by molar-refractivity contribution is 5.25. The molecule has 0 amide bonds. The second-order valence-electron chi connectivity index (χ2n) is 7.47. The molecule has 4 rings (SSSR count). The van der Waals surface area contributed by atoms with Gasteiger partial charge in [-0.1, -0.05) is 42.5 Å². The Labute approximate surface area is 142 Å². The van der Waals surface area contributed by atoms with Crippen molar-refractivity contribution in [3.63, 3.8) is 0 Å². The van der Waals surface area contributed by atoms with Gasteiger partial charge in [-0.3, -0.25) is 0 Å². The molecule has 3 heteroatoms. The smallest absolute Gasteiger partial charge is 0.123 e. The van der Waals surface area contributed by atoms with Gasteiger partial charge in [-0.15, -0.1) is 0 Å². The maximum Gasteiger partial charge on any atom is 0.123 e. The standard InChI is InChI=1S/C21H24FNO/c22-20-8-4-5-16(11-20)9-10-23-14-17-12-21(24,13-18(17)15-23)19-6-2-1-3-7-19/h1-8,11,17-18,24H,9-10,12-15H2/t17-,18+,21?. The van der Waals surface area contributed by atoms with Crippen molar-refractivity contribution in [2.45, 2.75) is 24.9 Å². The molecule has 1 saturated heterocycles. The third kappa shape index (κ3) is 3.11. The van der Waals surface area contributed by atoms with Gasteiger partial charge in [-0.2, -0.15) is 0 Å². The summed E-state index contributed by atoms with van der Waals surface area (Å²) in [6.07, 6.45) is 2.61. The van der Waals surface area contributed by atoms with Crippen molar-refractivity contribution in [3.8, 4) is 0 Å². The Morgan fingerprint density at radius 3 is 2.38 bits per heavy atom. The zero-order valence-corrected chi connectivity index (χ0v) is 13.9. The van der Waals surface area contributed by atoms with Crippen molar-refractivity contribution in [3.05, 3.63) is 71.5 Å². The molecule has 24 heavy (non-hydrogen) atoms. The molecular weight excluding hydrogens is 301 g/mol. The third-order valence-electron chi connectivity index (χ3n) is 5.77. The zero-order valence-electron chi connectivity index (χ0n) is 13.9. The first-order valence-corrected chi connectivity index (χ1v) is 8.87. The molecule has 1 aliphatic heterocycles. The van der Waals surface area contributed by atoms with Crippen LogP contribution in [0.5, 0.6) is 0 Å². The highest BCUT2D eigenvalue weighted by atomic mass is 19.1. The van der Waals surface area contributed by atoms with Gasteiger partial charge in [0.2, 0.25) is 0 Å². The zero-order chi connectivity index (χ0) is 16.6. The van der Waals surface area contributed by atoms with E-state index in [1.54, 1.807) is 12.1 Å². The summed E-state index contributed by atoms with van der Waals surface area (Å²) in [5.74, 6) is 0.990. The molecule has 2 aromatic carbocycles. The van der Waals surface area contributed by atoms with E-state index in [1.165, 1.54) is 6.07 Å². The Balaban J connectivity index is 1.35. The van der Waals surface area contributed by atoms with Crippen molar-refractivity contribution in [2.24, 2.45) is 11.8 Å². The monoisotopic (exact) mass is 325 g/mol. The van der Waals surface area contributed by atoms with Gasteiger partial charge in [0, 0.05) is 19.6 Å². The van der Waals surface area contributed by atoms with Crippen molar-refractivity contribution < 1.29 is 9.50 Å². The second-order valence-corrected chi connectivity index (χ2v) is 7.47. The first-order valence-electron chi connectivity index (χ1n) is 8.87. The summed E-state index contributed by atoms with van der Waals surface area (Å²) in [6, 6.07) is 17.0. The fraction of sp³-hybridized carbons (Fsp3) is 0.429. The number of fused-ring (bicyclic) bond motifs is 1. The highest BCUT2D eigenvalue weighted by Crippen LogP contribution is 2.48. The largest absolute Gasteiger partial charge is 0.385 e. The van der Waals surface area contributed by atoms with Gasteiger partial charge in [0.25, 0.3) is 0 Å². The number of hydrogen-bond acceptors (Lipinski definition) is 2. The minimum Gasteiger partial charge on any atom is -0.385 e. The van der Waals surface area contributed by atoms with Gasteiger partial charge in [0.15, 0.2) is 0 Å². The molecular formula is C21H24FNO. The minimum absolute atomic E-state index is 0.154. The third-order valence-corrected chi connectivity index (χ3v) is 5.77. The lowest BCUT2D eigenvalue weighted by atomic mass is 9.90. The van der Waals surface area contributed by atoms with Crippen molar-refractivity contribution >= 4 is 0 Å². The number of nitrogens with zero attached hydrogens (tertiary/aromatic N) is 1. The quantitative estimate of drug-likeness (QED) is 0.928. The Kier molecular flexibility index (Phi) is 4.15. The molecule has 2 fully saturated rings. The average Bonchev–Trinajstić information content (AvgIpc) is 3.09. The molecule has 1 aliphatic carbocycles. The molecule has 0 spiro atoms. The first kappa shape index (κ1) is 15.8. The normalized spacial score (nSPS) is 29.8. The Morgan fingerprint density at radius 2 is 1.71 bits per heavy atom. The van der Waals surface area contributed by atoms with E-state index >= 15 is 0 Å². The van der Waals surface area contributed by atoms with E-state index < -0.39 is 5.60 Å². The molecule has 0 aromatic heterocycles. The molecule has 2 nitrogen and oxygen atoms in total. The van der Waals surface area contributed by atoms with Gasteiger partial charge in [0.05, 0.1) is 5.60 Å². The second kappa shape index (κ2) is 6.30. The van der Waals surface area contributed by atoms with E-state index in [0.717, 1.165) is 50.0 Å². The van der Waals surface area contributed by atoms with E-state index in [0.29, 0.717) is 11.8 Å². The van der Waals surface area contributed by atoms with Crippen LogP contribution >= 0.6 is 0 Å². The number of likely N-dealkylation sites (tertiary alicyclic amines) is 1. The van der Waals surface area contributed by atoms with Gasteiger partial charge in [-0.25, -0.2) is 4.39 Å². The summed E-state index contributed by atoms with van der Waals surface area (Å²) in [5.41, 5.74) is 1.48. The van der Waals surface area contributed by atoms with Crippen LogP contribution in [0.15, 0.2) is 54.6 Å². The molecule has 0 bridgehead atoms. The number of hydrogen-bond donors (Lipinski definition) is 1. The fourth-order valence-electron chi connectivity index (χ4n) is 4.60. The van der Waals surface area contributed by atoms with Gasteiger partial charge < -0.3 is 10.0 Å². The molecule has 1 N–H and O–H groups in total. The maximum atomic E-state index is 13.3. The van der Waals surface area contributed by atoms with Crippen LogP contribution in [0.25, 0.3) is 0 Å². The van der Waals surface area contributed by atoms with Gasteiger partial charge in [0.1, 0.15) is 5.82 Å². The van der Waals surface area contributed by atoms with Crippen LogP contribution in [0.3, 0.4) is 0 Å². The van der Waals surface area contributed by atoms with E-state index in [4.69, 9.17) is 0 Å². The summed E-state index contributed by atoms with van der Waals surface area (Å²) in [4.78, 5) is 2.48. The lowest BCUT2D eigenvalue weighted by Crippen LogP contribution is -2.29. The summed E-state index contributed by atoms with van der Waals surface area (Å²) >= 11 is 0. The number of benzene rings is 2. The van der Waals surface area contributed by atoms with Gasteiger partial charge in [-0.05, 0) is 54.4 Å². The van der Waals surface area contributed by atoms with Crippen LogP contribution < -0.4 is 0 Å². The summed E-state index contributed by atoms with van der Waals surface area (Å²) in [7, 11) is 0. The number of aliphatic hydroxyl groups is 1. The predicted octanol–water partition coefficient (Wildman–Crippen LogP) is 3.60. The van der Waals surface area contributed by atoms with E-state index in [1.807, 2.05) is 36.4 Å². The van der Waals surface area contributed by atoms with Crippen LogP contribution in [-0.2, 0) is 12.0 Å². The van der Waals surface area contributed by atoms with Crippen molar-refractivity contribution in [2.75, 3.05) is 19.6 Å². The van der Waals surface area contributed by atoms with E-state index in [9.17, 15) is 9.50 Å². The molecule has 3 atom stereocenters. The number of halogens is 1. The molecule has 1 heterocycles. The van der Waals surface area contributed by atoms with Crippen LogP contribution in [0.4, 0.5) is 4.39 Å². The first-order chi connectivity index (χ1) is 11.6. The fourth-order valence-corrected chi connectivity index (χ4v) is 4.60. The molecule has 2 aliphatic rings. The highest BCUT2D eigenvalue weighted by Gasteiger charge is 2.48. The lowest BCUT2D eigenvalue weighted by molar-refractivity contribution is 0.0314. The molecule has 126 valence electrons. The molecule has 2 aromatic rings. The van der Waals surface area contributed by atoms with E-state index in [-0.39, 0.29) is 5.82 Å². The van der Waals surface area contributed by atoms with Crippen LogP contribution in [0.1, 0.15) is 24.0 Å².